The third-order valence-electron chi connectivity index (χ3n) is 7.62. The number of ether oxygens (including phenoxy) is 1. The Bertz CT molecular complexity index is 1450. The maximum Gasteiger partial charge on any atom is 0.254 e. The van der Waals surface area contributed by atoms with Gasteiger partial charge in [0.15, 0.2) is 5.82 Å². The van der Waals surface area contributed by atoms with Crippen LogP contribution in [0.3, 0.4) is 0 Å². The molecule has 3 atom stereocenters. The average Bonchev–Trinajstić information content (AvgIpc) is 3.59. The number of fused-ring (bicyclic) bond motifs is 2. The third-order valence-corrected chi connectivity index (χ3v) is 7.62. The second kappa shape index (κ2) is 8.61. The first kappa shape index (κ1) is 22.0. The molecule has 0 unspecified atom stereocenters. The minimum atomic E-state index is -0.431. The lowest BCUT2D eigenvalue weighted by Gasteiger charge is -2.33. The largest absolute Gasteiger partial charge is 0.376 e. The summed E-state index contributed by atoms with van der Waals surface area (Å²) in [5, 5.41) is 13.9. The van der Waals surface area contributed by atoms with E-state index in [4.69, 9.17) is 4.74 Å². The van der Waals surface area contributed by atoms with Crippen molar-refractivity contribution >= 4 is 16.6 Å². The van der Waals surface area contributed by atoms with Crippen molar-refractivity contribution in [3.8, 4) is 0 Å². The van der Waals surface area contributed by atoms with Crippen LogP contribution in [-0.2, 0) is 17.7 Å². The lowest BCUT2D eigenvalue weighted by molar-refractivity contribution is 0.0924. The van der Waals surface area contributed by atoms with E-state index in [0.717, 1.165) is 53.6 Å². The van der Waals surface area contributed by atoms with Gasteiger partial charge in [-0.3, -0.25) is 4.79 Å². The van der Waals surface area contributed by atoms with Crippen LogP contribution in [0.25, 0.3) is 10.9 Å². The maximum atomic E-state index is 13.7. The number of anilines is 1. The van der Waals surface area contributed by atoms with Crippen LogP contribution in [0, 0.1) is 13.8 Å². The fourth-order valence-electron chi connectivity index (χ4n) is 5.66. The summed E-state index contributed by atoms with van der Waals surface area (Å²) in [6.07, 6.45) is 3.03. The molecule has 2 aromatic heterocycles. The first-order valence-electron chi connectivity index (χ1n) is 12.4. The van der Waals surface area contributed by atoms with E-state index in [0.29, 0.717) is 17.9 Å². The zero-order valence-corrected chi connectivity index (χ0v) is 20.4. The van der Waals surface area contributed by atoms with Gasteiger partial charge in [0.25, 0.3) is 5.56 Å². The first-order chi connectivity index (χ1) is 17.0. The van der Waals surface area contributed by atoms with Crippen LogP contribution in [0.5, 0.6) is 0 Å². The molecule has 1 saturated heterocycles. The molecule has 0 radical (unpaired) electrons. The maximum absolute atomic E-state index is 13.7. The highest BCUT2D eigenvalue weighted by Crippen LogP contribution is 2.40. The van der Waals surface area contributed by atoms with Crippen molar-refractivity contribution in [1.29, 1.82) is 0 Å². The van der Waals surface area contributed by atoms with Crippen molar-refractivity contribution in [3.63, 3.8) is 0 Å². The number of rotatable bonds is 5. The zero-order valence-electron chi connectivity index (χ0n) is 20.4. The van der Waals surface area contributed by atoms with Crippen LogP contribution in [0.4, 0.5) is 5.69 Å². The van der Waals surface area contributed by atoms with Crippen LogP contribution in [0.15, 0.2) is 47.3 Å². The number of nitrogens with zero attached hydrogens (tertiary/aromatic N) is 5. The number of nitrogens with one attached hydrogen (secondary N) is 1. The Balaban J connectivity index is 1.54. The summed E-state index contributed by atoms with van der Waals surface area (Å²) in [6.45, 7) is 7.65. The molecule has 4 aromatic rings. The van der Waals surface area contributed by atoms with Crippen LogP contribution in [0.2, 0.25) is 0 Å². The van der Waals surface area contributed by atoms with Gasteiger partial charge in [0.05, 0.1) is 18.2 Å². The Hall–Kier alpha value is -3.52. The van der Waals surface area contributed by atoms with Crippen molar-refractivity contribution in [2.45, 2.75) is 64.8 Å². The summed E-state index contributed by atoms with van der Waals surface area (Å²) in [7, 11) is 0. The van der Waals surface area contributed by atoms with E-state index < -0.39 is 6.04 Å². The Kier molecular flexibility index (Phi) is 5.40. The van der Waals surface area contributed by atoms with Crippen molar-refractivity contribution in [2.24, 2.45) is 0 Å². The van der Waals surface area contributed by atoms with Crippen molar-refractivity contribution in [3.05, 3.63) is 80.9 Å². The minimum absolute atomic E-state index is 0.0849. The number of para-hydroxylation sites is 1. The third kappa shape index (κ3) is 3.72. The molecule has 2 aliphatic heterocycles. The van der Waals surface area contributed by atoms with E-state index in [1.54, 1.807) is 0 Å². The van der Waals surface area contributed by atoms with Gasteiger partial charge in [0.1, 0.15) is 6.04 Å². The Morgan fingerprint density at radius 1 is 1.20 bits per heavy atom. The molecule has 0 bridgehead atoms. The monoisotopic (exact) mass is 470 g/mol. The second-order valence-corrected chi connectivity index (χ2v) is 9.87. The lowest BCUT2D eigenvalue weighted by atomic mass is 9.99. The smallest absolute Gasteiger partial charge is 0.254 e. The molecule has 2 aromatic carbocycles. The number of aromatic amines is 1. The number of H-pyrrole nitrogens is 1. The molecule has 2 aliphatic rings. The highest BCUT2D eigenvalue weighted by Gasteiger charge is 2.38. The number of hydrogen-bond acceptors (Lipinski definition) is 6. The molecule has 180 valence electrons. The highest BCUT2D eigenvalue weighted by atomic mass is 16.5. The number of hydrogen-bond donors (Lipinski definition) is 1. The molecule has 8 heteroatoms. The van der Waals surface area contributed by atoms with Crippen molar-refractivity contribution in [2.75, 3.05) is 11.5 Å². The van der Waals surface area contributed by atoms with Crippen LogP contribution < -0.4 is 10.5 Å². The summed E-state index contributed by atoms with van der Waals surface area (Å²) >= 11 is 0. The van der Waals surface area contributed by atoms with E-state index in [1.165, 1.54) is 5.56 Å². The van der Waals surface area contributed by atoms with Crippen molar-refractivity contribution < 1.29 is 4.74 Å². The number of aromatic nitrogens is 5. The molecule has 8 nitrogen and oxygen atoms in total. The molecule has 0 aliphatic carbocycles. The van der Waals surface area contributed by atoms with Crippen molar-refractivity contribution in [1.82, 2.24) is 25.2 Å². The fourth-order valence-corrected chi connectivity index (χ4v) is 5.66. The molecular weight excluding hydrogens is 440 g/mol. The predicted molar refractivity (Wildman–Crippen MR) is 135 cm³/mol. The van der Waals surface area contributed by atoms with Gasteiger partial charge in [-0.05, 0) is 84.7 Å². The average molecular weight is 471 g/mol. The number of tetrazole rings is 1. The van der Waals surface area contributed by atoms with E-state index in [1.807, 2.05) is 23.7 Å². The van der Waals surface area contributed by atoms with Gasteiger partial charge in [-0.1, -0.05) is 30.3 Å². The molecule has 6 rings (SSSR count). The molecule has 1 fully saturated rings. The van der Waals surface area contributed by atoms with Crippen LogP contribution >= 0.6 is 0 Å². The van der Waals surface area contributed by atoms with Crippen LogP contribution in [-0.4, -0.2) is 43.9 Å². The number of pyridine rings is 1. The van der Waals surface area contributed by atoms with E-state index in [9.17, 15) is 4.79 Å². The van der Waals surface area contributed by atoms with Crippen LogP contribution in [0.1, 0.15) is 53.9 Å². The molecule has 0 saturated carbocycles. The summed E-state index contributed by atoms with van der Waals surface area (Å²) in [5.74, 6) is 0.665. The molecule has 4 heterocycles. The van der Waals surface area contributed by atoms with Gasteiger partial charge < -0.3 is 14.6 Å². The van der Waals surface area contributed by atoms with Gasteiger partial charge in [0, 0.05) is 23.9 Å². The van der Waals surface area contributed by atoms with Gasteiger partial charge in [0.2, 0.25) is 0 Å². The molecule has 1 N–H and O–H groups in total. The van der Waals surface area contributed by atoms with E-state index in [-0.39, 0.29) is 17.7 Å². The van der Waals surface area contributed by atoms with Gasteiger partial charge in [-0.2, -0.15) is 0 Å². The topological polar surface area (TPSA) is 88.9 Å². The summed E-state index contributed by atoms with van der Waals surface area (Å²) in [6, 6.07) is 14.4. The quantitative estimate of drug-likeness (QED) is 0.477. The molecule has 35 heavy (non-hydrogen) atoms. The molecular formula is C27H30N6O2. The first-order valence-corrected chi connectivity index (χ1v) is 12.4. The standard InChI is InChI=1S/C27H30N6O2/c1-16-10-11-20-14-22(27(34)28-24(20)18(16)3)25(33-17(2)13-19-7-4-5-9-23(19)33)26-29-30-31-32(26)15-21-8-6-12-35-21/h4-5,7,9-11,14,17,21,25H,6,8,12-13,15H2,1-3H3,(H,28,34)/t17-,21+,25-/m1/s1. The predicted octanol–water partition coefficient (Wildman–Crippen LogP) is 3.85. The zero-order chi connectivity index (χ0) is 24.1. The summed E-state index contributed by atoms with van der Waals surface area (Å²) < 4.78 is 7.71. The normalized spacial score (nSPS) is 20.5. The summed E-state index contributed by atoms with van der Waals surface area (Å²) in [4.78, 5) is 19.2. The summed E-state index contributed by atoms with van der Waals surface area (Å²) in [5.41, 5.74) is 6.05. The van der Waals surface area contributed by atoms with Gasteiger partial charge in [-0.25, -0.2) is 4.68 Å². The number of aryl methyl sites for hydroxylation is 2. The van der Waals surface area contributed by atoms with Gasteiger partial charge in [-0.15, -0.1) is 5.10 Å². The lowest BCUT2D eigenvalue weighted by Crippen LogP contribution is -2.39. The molecule has 0 spiro atoms. The van der Waals surface area contributed by atoms with E-state index >= 15 is 0 Å². The molecule has 0 amide bonds. The Morgan fingerprint density at radius 3 is 2.89 bits per heavy atom. The number of benzene rings is 2. The highest BCUT2D eigenvalue weighted by molar-refractivity contribution is 5.83. The Labute approximate surface area is 203 Å². The fraction of sp³-hybridized carbons (Fsp3) is 0.407. The second-order valence-electron chi connectivity index (χ2n) is 9.87. The SMILES string of the molecule is Cc1ccc2cc([C@H](c3nnnn3C[C@@H]3CCCO3)N3c4ccccc4C[C@H]3C)c(=O)[nH]c2c1C. The van der Waals surface area contributed by atoms with E-state index in [2.05, 4.69) is 69.6 Å². The minimum Gasteiger partial charge on any atom is -0.376 e. The van der Waals surface area contributed by atoms with Gasteiger partial charge >= 0.3 is 0 Å². The Morgan fingerprint density at radius 2 is 2.06 bits per heavy atom.